The first-order chi connectivity index (χ1) is 26.1. The molecular formula is C42H72O14. The molecule has 10 N–H and O–H groups in total. The second-order valence-corrected chi connectivity index (χ2v) is 20.1. The second kappa shape index (κ2) is 16.2. The average molecular weight is 801 g/mol. The van der Waals surface area contributed by atoms with Gasteiger partial charge in [0.25, 0.3) is 0 Å². The molecule has 324 valence electrons. The Labute approximate surface area is 331 Å². The van der Waals surface area contributed by atoms with Gasteiger partial charge in [0.1, 0.15) is 48.8 Å². The molecule has 56 heavy (non-hydrogen) atoms. The van der Waals surface area contributed by atoms with Crippen LogP contribution in [0, 0.1) is 45.3 Å². The molecule has 14 heteroatoms. The second-order valence-electron chi connectivity index (χ2n) is 20.1. The summed E-state index contributed by atoms with van der Waals surface area (Å²) >= 11 is 0. The Balaban J connectivity index is 1.21. The summed E-state index contributed by atoms with van der Waals surface area (Å²) in [7, 11) is 0. The fourth-order valence-electron chi connectivity index (χ4n) is 13.1. The van der Waals surface area contributed by atoms with E-state index in [1.54, 1.807) is 13.8 Å². The van der Waals surface area contributed by atoms with E-state index >= 15 is 0 Å². The third-order valence-electron chi connectivity index (χ3n) is 16.7. The first-order valence-corrected chi connectivity index (χ1v) is 21.0. The highest BCUT2D eigenvalue weighted by Gasteiger charge is 2.69. The quantitative estimate of drug-likeness (QED) is 0.104. The molecule has 6 aliphatic rings. The number of hydrogen-bond donors (Lipinski definition) is 10. The molecule has 2 heterocycles. The SMILES string of the molecule is CC(C)(O)C(O)C/C=C(\CO)[C@H]1CC[C@]2(C)[C@@H]1CC[C@@H]1[C@@]3(C)CC[C@H](O[C@@H]4O[C@H](CO)[C@@H](O)[C@H](O)[C@H]4O[C@@H]4O[C@H](CO)[C@@H](O)[C@H](O)[C@H]4O)C(C)(C)[C@@H]3CC[C@]12C. The van der Waals surface area contributed by atoms with Gasteiger partial charge in [-0.25, -0.2) is 0 Å². The maximum Gasteiger partial charge on any atom is 0.187 e. The lowest BCUT2D eigenvalue weighted by molar-refractivity contribution is -0.378. The largest absolute Gasteiger partial charge is 0.394 e. The van der Waals surface area contributed by atoms with Crippen LogP contribution in [0.1, 0.15) is 106 Å². The fourth-order valence-corrected chi connectivity index (χ4v) is 13.1. The van der Waals surface area contributed by atoms with Crippen molar-refractivity contribution in [1.29, 1.82) is 0 Å². The molecule has 6 fully saturated rings. The van der Waals surface area contributed by atoms with Crippen molar-refractivity contribution in [3.63, 3.8) is 0 Å². The van der Waals surface area contributed by atoms with E-state index in [2.05, 4.69) is 34.6 Å². The van der Waals surface area contributed by atoms with Gasteiger partial charge in [0.05, 0.1) is 37.6 Å². The van der Waals surface area contributed by atoms with Gasteiger partial charge in [-0.05, 0) is 123 Å². The van der Waals surface area contributed by atoms with Crippen LogP contribution in [0.15, 0.2) is 11.6 Å². The van der Waals surface area contributed by atoms with Crippen molar-refractivity contribution >= 4 is 0 Å². The number of aliphatic hydroxyl groups is 10. The Hall–Kier alpha value is -0.820. The van der Waals surface area contributed by atoms with E-state index in [9.17, 15) is 51.1 Å². The van der Waals surface area contributed by atoms with E-state index in [1.165, 1.54) is 0 Å². The normalized spacial score (nSPS) is 50.2. The molecule has 0 radical (unpaired) electrons. The van der Waals surface area contributed by atoms with Crippen LogP contribution >= 0.6 is 0 Å². The van der Waals surface area contributed by atoms with Crippen LogP contribution in [0.4, 0.5) is 0 Å². The Morgan fingerprint density at radius 3 is 1.93 bits per heavy atom. The zero-order valence-corrected chi connectivity index (χ0v) is 34.4. The standard InChI is InChI=1S/C42H72O14/c1-38(2)26-13-17-42(7)27(10-9-23-22(12-16-41(23,42)6)21(18-43)8-11-28(46)39(3,4)52)40(26,5)15-14-29(38)55-37-35(33(50)31(48)25(20-45)54-37)56-36-34(51)32(49)30(47)24(19-44)53-36/h8,22-37,43-52H,9-20H2,1-7H3/b21-8+/t22-,23-,24-,25-,26+,27-,28?,29+,30-,31-,32+,33+,34-,35-,36+,37+,40+,41-,42-/m1/s1. The number of fused-ring (bicyclic) bond motifs is 5. The molecule has 2 aliphatic heterocycles. The van der Waals surface area contributed by atoms with Crippen molar-refractivity contribution < 1.29 is 70.0 Å². The van der Waals surface area contributed by atoms with E-state index in [-0.39, 0.29) is 46.2 Å². The molecule has 6 rings (SSSR count). The van der Waals surface area contributed by atoms with Crippen LogP contribution in [-0.2, 0) is 18.9 Å². The molecule has 14 nitrogen and oxygen atoms in total. The van der Waals surface area contributed by atoms with E-state index in [4.69, 9.17) is 18.9 Å². The van der Waals surface area contributed by atoms with Gasteiger partial charge in [0, 0.05) is 0 Å². The van der Waals surface area contributed by atoms with Gasteiger partial charge in [0.2, 0.25) is 0 Å². The van der Waals surface area contributed by atoms with Gasteiger partial charge < -0.3 is 70.0 Å². The summed E-state index contributed by atoms with van der Waals surface area (Å²) in [6.45, 7) is 13.7. The molecule has 1 unspecified atom stereocenters. The highest BCUT2D eigenvalue weighted by Crippen LogP contribution is 2.75. The summed E-state index contributed by atoms with van der Waals surface area (Å²) < 4.78 is 24.4. The van der Waals surface area contributed by atoms with Crippen LogP contribution in [0.2, 0.25) is 0 Å². The van der Waals surface area contributed by atoms with Gasteiger partial charge in [-0.1, -0.05) is 40.7 Å². The minimum absolute atomic E-state index is 0.0160. The van der Waals surface area contributed by atoms with Gasteiger partial charge >= 0.3 is 0 Å². The molecule has 0 amide bonds. The van der Waals surface area contributed by atoms with Crippen LogP contribution in [0.3, 0.4) is 0 Å². The summed E-state index contributed by atoms with van der Waals surface area (Å²) in [5.41, 5.74) is -0.544. The van der Waals surface area contributed by atoms with Crippen LogP contribution in [-0.4, -0.2) is 150 Å². The number of ether oxygens (including phenoxy) is 4. The molecule has 2 saturated heterocycles. The third kappa shape index (κ3) is 7.37. The van der Waals surface area contributed by atoms with Crippen molar-refractivity contribution in [3.8, 4) is 0 Å². The zero-order chi connectivity index (χ0) is 41.3. The highest BCUT2D eigenvalue weighted by atomic mass is 16.8. The van der Waals surface area contributed by atoms with Crippen LogP contribution in [0.5, 0.6) is 0 Å². The fraction of sp³-hybridized carbons (Fsp3) is 0.952. The predicted octanol–water partition coefficient (Wildman–Crippen LogP) is 1.12. The van der Waals surface area contributed by atoms with Crippen LogP contribution < -0.4 is 0 Å². The van der Waals surface area contributed by atoms with Gasteiger partial charge in [0.15, 0.2) is 12.6 Å². The predicted molar refractivity (Wildman–Crippen MR) is 202 cm³/mol. The first kappa shape index (κ1) is 44.7. The number of hydrogen-bond acceptors (Lipinski definition) is 14. The molecule has 4 saturated carbocycles. The maximum absolute atomic E-state index is 11.3. The molecule has 0 bridgehead atoms. The minimum atomic E-state index is -1.75. The Morgan fingerprint density at radius 2 is 1.32 bits per heavy atom. The molecular weight excluding hydrogens is 728 g/mol. The van der Waals surface area contributed by atoms with E-state index < -0.39 is 86.3 Å². The number of aliphatic hydroxyl groups excluding tert-OH is 9. The summed E-state index contributed by atoms with van der Waals surface area (Å²) in [5, 5.41) is 105. The minimum Gasteiger partial charge on any atom is -0.394 e. The van der Waals surface area contributed by atoms with E-state index in [0.29, 0.717) is 24.7 Å². The lowest BCUT2D eigenvalue weighted by Gasteiger charge is -2.70. The summed E-state index contributed by atoms with van der Waals surface area (Å²) in [6.07, 6.45) is -6.35. The zero-order valence-electron chi connectivity index (χ0n) is 34.4. The third-order valence-corrected chi connectivity index (χ3v) is 16.7. The van der Waals surface area contributed by atoms with Crippen LogP contribution in [0.25, 0.3) is 0 Å². The van der Waals surface area contributed by atoms with Crippen molar-refractivity contribution in [2.75, 3.05) is 19.8 Å². The molecule has 0 aromatic rings. The lowest BCUT2D eigenvalue weighted by Crippen LogP contribution is -2.66. The van der Waals surface area contributed by atoms with E-state index in [0.717, 1.165) is 50.5 Å². The monoisotopic (exact) mass is 800 g/mol. The summed E-state index contributed by atoms with van der Waals surface area (Å²) in [5.74, 6) is 1.34. The summed E-state index contributed by atoms with van der Waals surface area (Å²) in [4.78, 5) is 0. The Morgan fingerprint density at radius 1 is 0.714 bits per heavy atom. The first-order valence-electron chi connectivity index (χ1n) is 21.0. The average Bonchev–Trinajstić information content (AvgIpc) is 3.49. The van der Waals surface area contributed by atoms with E-state index in [1.807, 2.05) is 6.08 Å². The maximum atomic E-state index is 11.3. The van der Waals surface area contributed by atoms with Crippen molar-refractivity contribution in [2.24, 2.45) is 45.3 Å². The molecule has 0 aromatic heterocycles. The molecule has 0 aromatic carbocycles. The Kier molecular flexibility index (Phi) is 13.0. The molecule has 19 atom stereocenters. The smallest absolute Gasteiger partial charge is 0.187 e. The van der Waals surface area contributed by atoms with Gasteiger partial charge in [-0.3, -0.25) is 0 Å². The van der Waals surface area contributed by atoms with Gasteiger partial charge in [-0.15, -0.1) is 0 Å². The highest BCUT2D eigenvalue weighted by molar-refractivity contribution is 5.22. The summed E-state index contributed by atoms with van der Waals surface area (Å²) in [6, 6.07) is 0. The van der Waals surface area contributed by atoms with Crippen molar-refractivity contribution in [1.82, 2.24) is 0 Å². The topological polar surface area (TPSA) is 239 Å². The Bertz CT molecular complexity index is 1390. The molecule has 0 spiro atoms. The van der Waals surface area contributed by atoms with Crippen molar-refractivity contribution in [2.45, 2.75) is 185 Å². The van der Waals surface area contributed by atoms with Crippen molar-refractivity contribution in [3.05, 3.63) is 11.6 Å². The lowest BCUT2D eigenvalue weighted by atomic mass is 9.35. The number of rotatable bonds is 11. The van der Waals surface area contributed by atoms with Gasteiger partial charge in [-0.2, -0.15) is 0 Å². The molecule has 4 aliphatic carbocycles.